The normalized spacial score (nSPS) is 12.9. The van der Waals surface area contributed by atoms with Gasteiger partial charge in [-0.3, -0.25) is 9.59 Å². The molecule has 0 fully saturated rings. The SMILES string of the molecule is CCCC/C=C\CCCCCCCC(=O)OCCCCC/C=C\CCCCCCCC(=O)NC(CO)C(O)CCCCCCCCCCCCCCCC. The summed E-state index contributed by atoms with van der Waals surface area (Å²) in [6.45, 7) is 4.84. The third kappa shape index (κ3) is 40.0. The van der Waals surface area contributed by atoms with Crippen LogP contribution >= 0.6 is 0 Å². The van der Waals surface area contributed by atoms with E-state index in [9.17, 15) is 19.8 Å². The largest absolute Gasteiger partial charge is 0.466 e. The topological polar surface area (TPSA) is 95.9 Å². The van der Waals surface area contributed by atoms with Crippen molar-refractivity contribution < 1.29 is 24.5 Å². The standard InChI is InChI=1S/C48H91NO5/c1-3-5-7-9-11-13-15-16-17-21-24-28-32-36-40-46(51)45(44-50)49-47(52)41-37-33-29-25-22-18-19-23-27-31-35-39-43-54-48(53)42-38-34-30-26-20-14-12-10-8-6-4-2/h10,12,19,23,45-46,50-51H,3-9,11,13-18,20-22,24-44H2,1-2H3,(H,49,52)/b12-10-,23-19-. The Labute approximate surface area is 335 Å². The smallest absolute Gasteiger partial charge is 0.305 e. The Morgan fingerprint density at radius 1 is 0.500 bits per heavy atom. The van der Waals surface area contributed by atoms with Crippen LogP contribution in [0.25, 0.3) is 0 Å². The molecular weight excluding hydrogens is 671 g/mol. The van der Waals surface area contributed by atoms with Gasteiger partial charge in [0.25, 0.3) is 0 Å². The lowest BCUT2D eigenvalue weighted by atomic mass is 10.0. The van der Waals surface area contributed by atoms with E-state index in [1.807, 2.05) is 0 Å². The molecular formula is C48H91NO5. The summed E-state index contributed by atoms with van der Waals surface area (Å²) < 4.78 is 5.41. The van der Waals surface area contributed by atoms with E-state index in [4.69, 9.17) is 4.74 Å². The number of amides is 1. The molecule has 3 N–H and O–H groups in total. The van der Waals surface area contributed by atoms with Gasteiger partial charge in [-0.25, -0.2) is 0 Å². The zero-order valence-corrected chi connectivity index (χ0v) is 36.0. The van der Waals surface area contributed by atoms with E-state index in [2.05, 4.69) is 43.5 Å². The Kier molecular flexibility index (Phi) is 42.7. The predicted molar refractivity (Wildman–Crippen MR) is 232 cm³/mol. The van der Waals surface area contributed by atoms with E-state index in [0.29, 0.717) is 25.9 Å². The molecule has 0 aliphatic heterocycles. The number of aliphatic hydroxyl groups excluding tert-OH is 2. The number of unbranched alkanes of at least 4 members (excludes halogenated alkanes) is 28. The van der Waals surface area contributed by atoms with Gasteiger partial charge < -0.3 is 20.3 Å². The minimum atomic E-state index is -0.679. The maximum absolute atomic E-state index is 12.4. The van der Waals surface area contributed by atoms with Crippen molar-refractivity contribution in [3.63, 3.8) is 0 Å². The molecule has 0 aromatic rings. The van der Waals surface area contributed by atoms with Gasteiger partial charge in [-0.15, -0.1) is 0 Å². The minimum absolute atomic E-state index is 0.0343. The molecule has 0 radical (unpaired) electrons. The van der Waals surface area contributed by atoms with Gasteiger partial charge in [-0.1, -0.05) is 179 Å². The van der Waals surface area contributed by atoms with Crippen molar-refractivity contribution in [3.05, 3.63) is 24.3 Å². The fourth-order valence-corrected chi connectivity index (χ4v) is 7.02. The molecule has 0 saturated carbocycles. The number of hydrogen-bond donors (Lipinski definition) is 3. The van der Waals surface area contributed by atoms with E-state index in [1.165, 1.54) is 135 Å². The molecule has 0 saturated heterocycles. The van der Waals surface area contributed by atoms with Gasteiger partial charge in [0.15, 0.2) is 0 Å². The van der Waals surface area contributed by atoms with Crippen LogP contribution in [0, 0.1) is 0 Å². The van der Waals surface area contributed by atoms with Crippen molar-refractivity contribution in [3.8, 4) is 0 Å². The zero-order valence-electron chi connectivity index (χ0n) is 36.0. The van der Waals surface area contributed by atoms with Crippen LogP contribution in [0.4, 0.5) is 0 Å². The zero-order chi connectivity index (χ0) is 39.4. The van der Waals surface area contributed by atoms with Crippen LogP contribution in [-0.4, -0.2) is 47.4 Å². The first-order chi connectivity index (χ1) is 26.5. The molecule has 2 unspecified atom stereocenters. The number of esters is 1. The number of carbonyl (C=O) groups excluding carboxylic acids is 2. The fourth-order valence-electron chi connectivity index (χ4n) is 7.02. The summed E-state index contributed by atoms with van der Waals surface area (Å²) in [6, 6.07) is -0.559. The van der Waals surface area contributed by atoms with Gasteiger partial charge in [0.2, 0.25) is 5.91 Å². The number of allylic oxidation sites excluding steroid dienone is 4. The highest BCUT2D eigenvalue weighted by Crippen LogP contribution is 2.15. The maximum atomic E-state index is 12.4. The highest BCUT2D eigenvalue weighted by Gasteiger charge is 2.20. The summed E-state index contributed by atoms with van der Waals surface area (Å²) in [5.74, 6) is -0.0963. The highest BCUT2D eigenvalue weighted by atomic mass is 16.5. The van der Waals surface area contributed by atoms with Crippen LogP contribution in [0.2, 0.25) is 0 Å². The number of aliphatic hydroxyl groups is 2. The molecule has 0 spiro atoms. The van der Waals surface area contributed by atoms with Crippen LogP contribution < -0.4 is 5.32 Å². The van der Waals surface area contributed by atoms with Crippen molar-refractivity contribution in [2.24, 2.45) is 0 Å². The predicted octanol–water partition coefficient (Wildman–Crippen LogP) is 13.6. The molecule has 2 atom stereocenters. The first-order valence-electron chi connectivity index (χ1n) is 23.6. The lowest BCUT2D eigenvalue weighted by molar-refractivity contribution is -0.143. The van der Waals surface area contributed by atoms with E-state index in [0.717, 1.165) is 77.0 Å². The second kappa shape index (κ2) is 44.1. The average molecular weight is 762 g/mol. The lowest BCUT2D eigenvalue weighted by Gasteiger charge is -2.22. The maximum Gasteiger partial charge on any atom is 0.305 e. The van der Waals surface area contributed by atoms with Crippen LogP contribution in [0.5, 0.6) is 0 Å². The summed E-state index contributed by atoms with van der Waals surface area (Å²) in [5, 5.41) is 23.1. The third-order valence-corrected chi connectivity index (χ3v) is 10.7. The molecule has 6 heteroatoms. The van der Waals surface area contributed by atoms with E-state index >= 15 is 0 Å². The molecule has 6 nitrogen and oxygen atoms in total. The second-order valence-corrected chi connectivity index (χ2v) is 16.1. The Morgan fingerprint density at radius 3 is 1.37 bits per heavy atom. The lowest BCUT2D eigenvalue weighted by Crippen LogP contribution is -2.45. The second-order valence-electron chi connectivity index (χ2n) is 16.1. The summed E-state index contributed by atoms with van der Waals surface area (Å²) in [6.07, 6.45) is 49.9. The molecule has 0 aliphatic rings. The molecule has 0 aromatic carbocycles. The number of hydrogen-bond acceptors (Lipinski definition) is 5. The van der Waals surface area contributed by atoms with E-state index in [-0.39, 0.29) is 18.5 Å². The quantitative estimate of drug-likeness (QED) is 0.0327. The molecule has 0 rings (SSSR count). The van der Waals surface area contributed by atoms with Crippen molar-refractivity contribution in [2.75, 3.05) is 13.2 Å². The fraction of sp³-hybridized carbons (Fsp3) is 0.875. The molecule has 0 aliphatic carbocycles. The Hall–Kier alpha value is -1.66. The first kappa shape index (κ1) is 52.3. The summed E-state index contributed by atoms with van der Waals surface area (Å²) >= 11 is 0. The van der Waals surface area contributed by atoms with Crippen LogP contribution in [-0.2, 0) is 14.3 Å². The summed E-state index contributed by atoms with van der Waals surface area (Å²) in [4.78, 5) is 24.4. The van der Waals surface area contributed by atoms with Crippen LogP contribution in [0.1, 0.15) is 245 Å². The summed E-state index contributed by atoms with van der Waals surface area (Å²) in [7, 11) is 0. The third-order valence-electron chi connectivity index (χ3n) is 10.7. The van der Waals surface area contributed by atoms with Gasteiger partial charge in [0, 0.05) is 12.8 Å². The van der Waals surface area contributed by atoms with Crippen molar-refractivity contribution >= 4 is 11.9 Å². The molecule has 1 amide bonds. The van der Waals surface area contributed by atoms with Gasteiger partial charge >= 0.3 is 5.97 Å². The Morgan fingerprint density at radius 2 is 0.889 bits per heavy atom. The summed E-state index contributed by atoms with van der Waals surface area (Å²) in [5.41, 5.74) is 0. The van der Waals surface area contributed by atoms with Crippen molar-refractivity contribution in [1.82, 2.24) is 5.32 Å². The van der Waals surface area contributed by atoms with Gasteiger partial charge in [0.05, 0.1) is 25.4 Å². The number of ether oxygens (including phenoxy) is 1. The number of carbonyl (C=O) groups is 2. The number of rotatable bonds is 43. The molecule has 54 heavy (non-hydrogen) atoms. The van der Waals surface area contributed by atoms with Crippen LogP contribution in [0.15, 0.2) is 24.3 Å². The highest BCUT2D eigenvalue weighted by molar-refractivity contribution is 5.76. The van der Waals surface area contributed by atoms with Crippen molar-refractivity contribution in [1.29, 1.82) is 0 Å². The van der Waals surface area contributed by atoms with Gasteiger partial charge in [-0.2, -0.15) is 0 Å². The molecule has 0 heterocycles. The Bertz CT molecular complexity index is 843. The van der Waals surface area contributed by atoms with Crippen molar-refractivity contribution in [2.45, 2.75) is 257 Å². The molecule has 0 aromatic heterocycles. The van der Waals surface area contributed by atoms with E-state index in [1.54, 1.807) is 0 Å². The van der Waals surface area contributed by atoms with Gasteiger partial charge in [0.1, 0.15) is 0 Å². The number of nitrogens with one attached hydrogen (secondary N) is 1. The average Bonchev–Trinajstić information content (AvgIpc) is 3.17. The van der Waals surface area contributed by atoms with Gasteiger partial charge in [-0.05, 0) is 77.0 Å². The first-order valence-corrected chi connectivity index (χ1v) is 23.6. The van der Waals surface area contributed by atoms with Crippen LogP contribution in [0.3, 0.4) is 0 Å². The molecule has 318 valence electrons. The Balaban J connectivity index is 3.53. The monoisotopic (exact) mass is 762 g/mol. The van der Waals surface area contributed by atoms with E-state index < -0.39 is 12.1 Å². The minimum Gasteiger partial charge on any atom is -0.466 e. The molecule has 0 bridgehead atoms.